The number of hydrogen-bond donors (Lipinski definition) is 0. The third-order valence-electron chi connectivity index (χ3n) is 4.64. The Labute approximate surface area is 132 Å². The minimum Gasteiger partial charge on any atom is -0.491 e. The maximum Gasteiger partial charge on any atom is 0.200 e. The lowest BCUT2D eigenvalue weighted by atomic mass is 9.77. The van der Waals surface area contributed by atoms with Crippen LogP contribution in [0.3, 0.4) is 0 Å². The summed E-state index contributed by atoms with van der Waals surface area (Å²) in [6.07, 6.45) is 10.7. The maximum absolute atomic E-state index is 14.3. The number of benzene rings is 1. The molecule has 0 aromatic heterocycles. The van der Waals surface area contributed by atoms with Gasteiger partial charge in [-0.15, -0.1) is 0 Å². The maximum atomic E-state index is 14.3. The summed E-state index contributed by atoms with van der Waals surface area (Å²) in [4.78, 5) is 0. The fourth-order valence-corrected chi connectivity index (χ4v) is 3.39. The number of hydrogen-bond acceptors (Lipinski definition) is 1. The van der Waals surface area contributed by atoms with Crippen molar-refractivity contribution in [1.29, 1.82) is 0 Å². The van der Waals surface area contributed by atoms with Crippen LogP contribution in [0.2, 0.25) is 0 Å². The second-order valence-corrected chi connectivity index (χ2v) is 6.08. The molecule has 0 heterocycles. The highest BCUT2D eigenvalue weighted by atomic mass is 19.2. The summed E-state index contributed by atoms with van der Waals surface area (Å²) in [6.45, 7) is 4.15. The fraction of sp³-hybridized carbons (Fsp3) is 0.579. The van der Waals surface area contributed by atoms with Crippen molar-refractivity contribution in [3.63, 3.8) is 0 Å². The molecule has 1 aromatic carbocycles. The number of rotatable bonds is 6. The Kier molecular flexibility index (Phi) is 6.41. The van der Waals surface area contributed by atoms with Crippen LogP contribution in [0.15, 0.2) is 24.3 Å². The fourth-order valence-electron chi connectivity index (χ4n) is 3.39. The highest BCUT2D eigenvalue weighted by molar-refractivity contribution is 5.33. The Hall–Kier alpha value is -1.38. The van der Waals surface area contributed by atoms with E-state index in [1.165, 1.54) is 6.42 Å². The zero-order valence-corrected chi connectivity index (χ0v) is 13.6. The van der Waals surface area contributed by atoms with Crippen LogP contribution in [0.25, 0.3) is 0 Å². The van der Waals surface area contributed by atoms with E-state index < -0.39 is 11.6 Å². The van der Waals surface area contributed by atoms with Gasteiger partial charge in [0.1, 0.15) is 0 Å². The molecule has 1 aliphatic carbocycles. The summed E-state index contributed by atoms with van der Waals surface area (Å²) < 4.78 is 33.3. The molecule has 1 aromatic rings. The van der Waals surface area contributed by atoms with Gasteiger partial charge < -0.3 is 4.74 Å². The molecule has 0 bridgehead atoms. The molecule has 1 nitrogen and oxygen atoms in total. The van der Waals surface area contributed by atoms with Crippen LogP contribution in [-0.2, 0) is 0 Å². The van der Waals surface area contributed by atoms with E-state index in [1.807, 2.05) is 6.92 Å². The molecule has 1 saturated carbocycles. The zero-order valence-electron chi connectivity index (χ0n) is 13.6. The van der Waals surface area contributed by atoms with Gasteiger partial charge in [0.05, 0.1) is 6.61 Å². The molecular formula is C19H26F2O. The van der Waals surface area contributed by atoms with E-state index in [0.717, 1.165) is 38.0 Å². The van der Waals surface area contributed by atoms with E-state index in [2.05, 4.69) is 12.2 Å². The van der Waals surface area contributed by atoms with Gasteiger partial charge in [-0.2, -0.15) is 4.39 Å². The van der Waals surface area contributed by atoms with Gasteiger partial charge in [-0.25, -0.2) is 4.39 Å². The summed E-state index contributed by atoms with van der Waals surface area (Å²) in [5, 5.41) is 0. The summed E-state index contributed by atoms with van der Waals surface area (Å²) >= 11 is 0. The molecule has 122 valence electrons. The lowest BCUT2D eigenvalue weighted by Gasteiger charge is -2.29. The Morgan fingerprint density at radius 3 is 2.50 bits per heavy atom. The molecule has 0 unspecified atom stereocenters. The second-order valence-electron chi connectivity index (χ2n) is 6.08. The topological polar surface area (TPSA) is 9.23 Å². The molecule has 0 amide bonds. The molecule has 1 aliphatic rings. The van der Waals surface area contributed by atoms with E-state index in [-0.39, 0.29) is 11.7 Å². The average Bonchev–Trinajstić information content (AvgIpc) is 2.53. The third-order valence-corrected chi connectivity index (χ3v) is 4.64. The van der Waals surface area contributed by atoms with Crippen molar-refractivity contribution >= 4 is 0 Å². The molecule has 22 heavy (non-hydrogen) atoms. The molecule has 0 saturated heterocycles. The first-order valence-corrected chi connectivity index (χ1v) is 8.39. The van der Waals surface area contributed by atoms with Crippen LogP contribution in [0.4, 0.5) is 8.78 Å². The summed E-state index contributed by atoms with van der Waals surface area (Å²) in [7, 11) is 0. The minimum absolute atomic E-state index is 0.0174. The van der Waals surface area contributed by atoms with Crippen LogP contribution >= 0.6 is 0 Å². The van der Waals surface area contributed by atoms with Gasteiger partial charge in [0.2, 0.25) is 5.82 Å². The van der Waals surface area contributed by atoms with Crippen molar-refractivity contribution in [2.45, 2.75) is 58.3 Å². The Morgan fingerprint density at radius 1 is 1.14 bits per heavy atom. The average molecular weight is 308 g/mol. The summed E-state index contributed by atoms with van der Waals surface area (Å²) in [6, 6.07) is 3.27. The first-order chi connectivity index (χ1) is 10.7. The van der Waals surface area contributed by atoms with E-state index in [4.69, 9.17) is 4.74 Å². The lowest BCUT2D eigenvalue weighted by Crippen LogP contribution is -2.15. The van der Waals surface area contributed by atoms with Crippen LogP contribution in [0.1, 0.15) is 63.9 Å². The number of ether oxygens (including phenoxy) is 1. The van der Waals surface area contributed by atoms with Crippen LogP contribution in [0.5, 0.6) is 5.75 Å². The first-order valence-electron chi connectivity index (χ1n) is 8.39. The van der Waals surface area contributed by atoms with Gasteiger partial charge in [0, 0.05) is 0 Å². The van der Waals surface area contributed by atoms with E-state index >= 15 is 0 Å². The number of halogens is 2. The molecule has 1 fully saturated rings. The Morgan fingerprint density at radius 2 is 1.86 bits per heavy atom. The minimum atomic E-state index is -0.838. The highest BCUT2D eigenvalue weighted by Gasteiger charge is 2.26. The summed E-state index contributed by atoms with van der Waals surface area (Å²) in [5.74, 6) is -0.673. The van der Waals surface area contributed by atoms with Crippen molar-refractivity contribution in [3.05, 3.63) is 41.5 Å². The lowest BCUT2D eigenvalue weighted by molar-refractivity contribution is 0.297. The second kappa shape index (κ2) is 8.30. The van der Waals surface area contributed by atoms with Crippen molar-refractivity contribution in [2.75, 3.05) is 6.61 Å². The number of allylic oxidation sites excluding steroid dienone is 2. The van der Waals surface area contributed by atoms with E-state index in [0.29, 0.717) is 12.2 Å². The van der Waals surface area contributed by atoms with Gasteiger partial charge in [-0.1, -0.05) is 18.2 Å². The third kappa shape index (κ3) is 4.08. The smallest absolute Gasteiger partial charge is 0.200 e. The largest absolute Gasteiger partial charge is 0.491 e. The van der Waals surface area contributed by atoms with Gasteiger partial charge in [0.15, 0.2) is 11.6 Å². The highest BCUT2D eigenvalue weighted by Crippen LogP contribution is 2.39. The molecule has 3 heteroatoms. The normalized spacial score (nSPS) is 22.2. The van der Waals surface area contributed by atoms with Gasteiger partial charge in [-0.05, 0) is 75.8 Å². The van der Waals surface area contributed by atoms with Crippen molar-refractivity contribution in [3.8, 4) is 5.75 Å². The van der Waals surface area contributed by atoms with Gasteiger partial charge >= 0.3 is 0 Å². The van der Waals surface area contributed by atoms with E-state index in [9.17, 15) is 8.78 Å². The van der Waals surface area contributed by atoms with Crippen molar-refractivity contribution < 1.29 is 13.5 Å². The monoisotopic (exact) mass is 308 g/mol. The molecule has 0 radical (unpaired) electrons. The standard InChI is InChI=1S/C19H26F2O/c1-3-5-6-7-14-8-10-15(11-9-14)16-12-13-17(22-4-2)19(21)18(16)20/h3,5,12-15H,4,6-11H2,1-2H3. The molecule has 0 aliphatic heterocycles. The van der Waals surface area contributed by atoms with Crippen molar-refractivity contribution in [2.24, 2.45) is 5.92 Å². The zero-order chi connectivity index (χ0) is 15.9. The predicted octanol–water partition coefficient (Wildman–Crippen LogP) is 5.99. The van der Waals surface area contributed by atoms with E-state index in [1.54, 1.807) is 19.1 Å². The summed E-state index contributed by atoms with van der Waals surface area (Å²) in [5.41, 5.74) is 0.521. The molecular weight excluding hydrogens is 282 g/mol. The molecule has 0 spiro atoms. The first kappa shape index (κ1) is 17.0. The predicted molar refractivity (Wildman–Crippen MR) is 86.3 cm³/mol. The molecule has 0 atom stereocenters. The molecule has 2 rings (SSSR count). The van der Waals surface area contributed by atoms with Gasteiger partial charge in [0.25, 0.3) is 0 Å². The van der Waals surface area contributed by atoms with Crippen LogP contribution in [0, 0.1) is 17.6 Å². The quantitative estimate of drug-likeness (QED) is 0.586. The van der Waals surface area contributed by atoms with Gasteiger partial charge in [-0.3, -0.25) is 0 Å². The molecule has 0 N–H and O–H groups in total. The van der Waals surface area contributed by atoms with Crippen molar-refractivity contribution in [1.82, 2.24) is 0 Å². The van der Waals surface area contributed by atoms with Crippen LogP contribution < -0.4 is 4.74 Å². The SMILES string of the molecule is CC=CCCC1CCC(c2ccc(OCC)c(F)c2F)CC1. The Bertz CT molecular complexity index is 502. The van der Waals surface area contributed by atoms with Crippen LogP contribution in [-0.4, -0.2) is 6.61 Å². The Balaban J connectivity index is 1.98.